The van der Waals surface area contributed by atoms with E-state index in [4.69, 9.17) is 18.9 Å². The summed E-state index contributed by atoms with van der Waals surface area (Å²) in [5.41, 5.74) is 3.54. The van der Waals surface area contributed by atoms with Crippen LogP contribution in [0.1, 0.15) is 30.9 Å². The predicted octanol–water partition coefficient (Wildman–Crippen LogP) is 4.61. The van der Waals surface area contributed by atoms with Crippen LogP contribution in [0.5, 0.6) is 23.0 Å². The number of benzene rings is 2. The third kappa shape index (κ3) is 3.13. The predicted molar refractivity (Wildman–Crippen MR) is 104 cm³/mol. The first kappa shape index (κ1) is 16.9. The average Bonchev–Trinajstić information content (AvgIpc) is 3.33. The van der Waals surface area contributed by atoms with Crippen molar-refractivity contribution in [3.05, 3.63) is 58.7 Å². The van der Waals surface area contributed by atoms with Crippen LogP contribution in [-0.4, -0.2) is 19.4 Å². The summed E-state index contributed by atoms with van der Waals surface area (Å²) in [4.78, 5) is 13.1. The van der Waals surface area contributed by atoms with Gasteiger partial charge in [0.2, 0.25) is 13.6 Å². The molecule has 0 saturated heterocycles. The van der Waals surface area contributed by atoms with Crippen LogP contribution in [0.4, 0.5) is 0 Å². The first-order chi connectivity index (χ1) is 13.7. The maximum absolute atomic E-state index is 13.1. The van der Waals surface area contributed by atoms with Gasteiger partial charge >= 0.3 is 0 Å². The molecule has 28 heavy (non-hydrogen) atoms. The number of rotatable bonds is 2. The zero-order valence-corrected chi connectivity index (χ0v) is 15.6. The van der Waals surface area contributed by atoms with Crippen molar-refractivity contribution in [3.63, 3.8) is 0 Å². The van der Waals surface area contributed by atoms with Crippen molar-refractivity contribution < 1.29 is 23.7 Å². The third-order valence-electron chi connectivity index (χ3n) is 5.20. The molecule has 2 aliphatic heterocycles. The first-order valence-electron chi connectivity index (χ1n) is 9.41. The quantitative estimate of drug-likeness (QED) is 0.717. The molecule has 0 unspecified atom stereocenters. The number of hydrogen-bond donors (Lipinski definition) is 0. The van der Waals surface area contributed by atoms with Crippen LogP contribution in [0, 0.1) is 5.92 Å². The van der Waals surface area contributed by atoms with Gasteiger partial charge in [-0.3, -0.25) is 4.79 Å². The van der Waals surface area contributed by atoms with E-state index in [1.807, 2.05) is 48.6 Å². The minimum atomic E-state index is 0.105. The Balaban J connectivity index is 1.45. The third-order valence-corrected chi connectivity index (χ3v) is 5.20. The summed E-state index contributed by atoms with van der Waals surface area (Å²) in [6, 6.07) is 11.5. The number of fused-ring (bicyclic) bond motifs is 2. The second-order valence-corrected chi connectivity index (χ2v) is 7.41. The van der Waals surface area contributed by atoms with E-state index < -0.39 is 0 Å². The minimum absolute atomic E-state index is 0.105. The van der Waals surface area contributed by atoms with Gasteiger partial charge in [-0.05, 0) is 66.3 Å². The molecule has 0 spiro atoms. The first-order valence-corrected chi connectivity index (χ1v) is 9.41. The van der Waals surface area contributed by atoms with Crippen molar-refractivity contribution in [3.8, 4) is 23.0 Å². The fraction of sp³-hybridized carbons (Fsp3) is 0.261. The second kappa shape index (κ2) is 6.75. The standard InChI is InChI=1S/C23H20O5/c1-14-6-17(8-15-2-4-19-21(10-15)27-12-25-19)23(24)18(7-14)9-16-3-5-20-22(11-16)28-13-26-20/h2-5,8-11,14H,6-7,12-13H2,1H3/b17-8-,18-9-. The Morgan fingerprint density at radius 3 is 1.71 bits per heavy atom. The molecular weight excluding hydrogens is 356 g/mol. The van der Waals surface area contributed by atoms with Crippen LogP contribution < -0.4 is 18.9 Å². The number of hydrogen-bond acceptors (Lipinski definition) is 5. The van der Waals surface area contributed by atoms with Gasteiger partial charge in [0.25, 0.3) is 0 Å². The number of Topliss-reactive ketones (excluding diaryl/α,β-unsaturated/α-hetero) is 1. The van der Waals surface area contributed by atoms with E-state index in [1.54, 1.807) is 0 Å². The summed E-state index contributed by atoms with van der Waals surface area (Å²) in [5.74, 6) is 3.44. The molecular formula is C23H20O5. The van der Waals surface area contributed by atoms with Crippen molar-refractivity contribution in [1.82, 2.24) is 0 Å². The Morgan fingerprint density at radius 1 is 0.750 bits per heavy atom. The maximum Gasteiger partial charge on any atom is 0.231 e. The lowest BCUT2D eigenvalue weighted by Crippen LogP contribution is -2.18. The number of ketones is 1. The number of carbonyl (C=O) groups is 1. The van der Waals surface area contributed by atoms with Crippen LogP contribution in [0.2, 0.25) is 0 Å². The lowest BCUT2D eigenvalue weighted by Gasteiger charge is -2.22. The summed E-state index contributed by atoms with van der Waals surface area (Å²) >= 11 is 0. The molecule has 5 rings (SSSR count). The highest BCUT2D eigenvalue weighted by Gasteiger charge is 2.26. The molecule has 0 radical (unpaired) electrons. The monoisotopic (exact) mass is 376 g/mol. The molecule has 2 aromatic carbocycles. The minimum Gasteiger partial charge on any atom is -0.454 e. The normalized spacial score (nSPS) is 22.9. The molecule has 0 N–H and O–H groups in total. The molecule has 1 saturated carbocycles. The Kier molecular flexibility index (Phi) is 4.08. The molecule has 1 aliphatic carbocycles. The number of carbonyl (C=O) groups excluding carboxylic acids is 1. The van der Waals surface area contributed by atoms with Crippen LogP contribution in [0.3, 0.4) is 0 Å². The van der Waals surface area contributed by atoms with E-state index in [2.05, 4.69) is 6.92 Å². The van der Waals surface area contributed by atoms with E-state index in [0.717, 1.165) is 58.1 Å². The molecule has 2 heterocycles. The van der Waals surface area contributed by atoms with Crippen molar-refractivity contribution in [2.45, 2.75) is 19.8 Å². The maximum atomic E-state index is 13.1. The topological polar surface area (TPSA) is 54.0 Å². The van der Waals surface area contributed by atoms with Gasteiger partial charge in [-0.25, -0.2) is 0 Å². The molecule has 3 aliphatic rings. The van der Waals surface area contributed by atoms with Gasteiger partial charge in [0.1, 0.15) is 0 Å². The van der Waals surface area contributed by atoms with E-state index in [1.165, 1.54) is 0 Å². The van der Waals surface area contributed by atoms with Crippen molar-refractivity contribution in [2.75, 3.05) is 13.6 Å². The molecule has 2 aromatic rings. The molecule has 0 bridgehead atoms. The van der Waals surface area contributed by atoms with E-state index in [-0.39, 0.29) is 19.4 Å². The van der Waals surface area contributed by atoms with Gasteiger partial charge in [0.15, 0.2) is 28.8 Å². The fourth-order valence-electron chi connectivity index (χ4n) is 3.87. The smallest absolute Gasteiger partial charge is 0.231 e. The average molecular weight is 376 g/mol. The van der Waals surface area contributed by atoms with Crippen molar-refractivity contribution in [1.29, 1.82) is 0 Å². The van der Waals surface area contributed by atoms with Gasteiger partial charge in [-0.15, -0.1) is 0 Å². The SMILES string of the molecule is CC1C/C(=C/c2ccc3c(c2)OCO3)C(=O)/C(=C\c2ccc3c(c2)OCO3)C1. The Bertz CT molecular complexity index is 938. The Morgan fingerprint density at radius 2 is 1.21 bits per heavy atom. The van der Waals surface area contributed by atoms with Gasteiger partial charge in [-0.2, -0.15) is 0 Å². The number of allylic oxidation sites excluding steroid dienone is 2. The Labute approximate surface area is 163 Å². The highest BCUT2D eigenvalue weighted by Crippen LogP contribution is 2.37. The van der Waals surface area contributed by atoms with Gasteiger partial charge < -0.3 is 18.9 Å². The van der Waals surface area contributed by atoms with Crippen LogP contribution in [0.15, 0.2) is 47.5 Å². The van der Waals surface area contributed by atoms with Crippen LogP contribution >= 0.6 is 0 Å². The molecule has 0 atom stereocenters. The summed E-state index contributed by atoms with van der Waals surface area (Å²) in [5, 5.41) is 0. The highest BCUT2D eigenvalue weighted by atomic mass is 16.7. The Hall–Kier alpha value is -3.21. The fourth-order valence-corrected chi connectivity index (χ4v) is 3.87. The van der Waals surface area contributed by atoms with E-state index in [0.29, 0.717) is 5.92 Å². The van der Waals surface area contributed by atoms with E-state index in [9.17, 15) is 4.79 Å². The van der Waals surface area contributed by atoms with Crippen LogP contribution in [0.25, 0.3) is 12.2 Å². The summed E-state index contributed by atoms with van der Waals surface area (Å²) in [6.45, 7) is 2.66. The molecule has 0 amide bonds. The summed E-state index contributed by atoms with van der Waals surface area (Å²) in [7, 11) is 0. The zero-order valence-electron chi connectivity index (χ0n) is 15.6. The van der Waals surface area contributed by atoms with Gasteiger partial charge in [0.05, 0.1) is 0 Å². The highest BCUT2D eigenvalue weighted by molar-refractivity contribution is 6.14. The zero-order chi connectivity index (χ0) is 19.1. The molecule has 142 valence electrons. The second-order valence-electron chi connectivity index (χ2n) is 7.41. The summed E-state index contributed by atoms with van der Waals surface area (Å²) < 4.78 is 21.6. The van der Waals surface area contributed by atoms with Gasteiger partial charge in [0, 0.05) is 11.1 Å². The summed E-state index contributed by atoms with van der Waals surface area (Å²) in [6.07, 6.45) is 5.47. The van der Waals surface area contributed by atoms with Crippen molar-refractivity contribution in [2.24, 2.45) is 5.92 Å². The van der Waals surface area contributed by atoms with Gasteiger partial charge in [-0.1, -0.05) is 19.1 Å². The molecule has 1 fully saturated rings. The van der Waals surface area contributed by atoms with Crippen molar-refractivity contribution >= 4 is 17.9 Å². The molecule has 5 heteroatoms. The lowest BCUT2D eigenvalue weighted by molar-refractivity contribution is -0.113. The van der Waals surface area contributed by atoms with Crippen LogP contribution in [-0.2, 0) is 4.79 Å². The molecule has 0 aromatic heterocycles. The molecule has 5 nitrogen and oxygen atoms in total. The van der Waals surface area contributed by atoms with E-state index >= 15 is 0 Å². The largest absolute Gasteiger partial charge is 0.454 e. The number of ether oxygens (including phenoxy) is 4. The lowest BCUT2D eigenvalue weighted by atomic mass is 9.81.